The summed E-state index contributed by atoms with van der Waals surface area (Å²) in [7, 11) is 0. The molecule has 1 aromatic heterocycles. The monoisotopic (exact) mass is 270 g/mol. The van der Waals surface area contributed by atoms with E-state index in [1.807, 2.05) is 31.2 Å². The first-order valence-electron chi connectivity index (χ1n) is 6.69. The minimum Gasteiger partial charge on any atom is -0.398 e. The van der Waals surface area contributed by atoms with Gasteiger partial charge in [0, 0.05) is 30.4 Å². The Balaban J connectivity index is 2.05. The third kappa shape index (κ3) is 1.86. The topological polar surface area (TPSA) is 85.2 Å². The molecule has 1 amide bonds. The number of rotatable bonds is 2. The SMILES string of the molecule is CC1(C(N)=O)CCN(c2ccc(N)c3cccnc23)C1. The van der Waals surface area contributed by atoms with Crippen LogP contribution in [-0.4, -0.2) is 24.0 Å². The number of anilines is 2. The number of aromatic nitrogens is 1. The first-order valence-corrected chi connectivity index (χ1v) is 6.69. The highest BCUT2D eigenvalue weighted by molar-refractivity contribution is 5.99. The number of nitrogen functional groups attached to an aromatic ring is 1. The van der Waals surface area contributed by atoms with Crippen LogP contribution >= 0.6 is 0 Å². The zero-order valence-corrected chi connectivity index (χ0v) is 11.5. The Bertz CT molecular complexity index is 685. The lowest BCUT2D eigenvalue weighted by Gasteiger charge is -2.23. The van der Waals surface area contributed by atoms with E-state index in [9.17, 15) is 4.79 Å². The Morgan fingerprint density at radius 1 is 1.40 bits per heavy atom. The molecule has 2 heterocycles. The molecule has 0 aliphatic carbocycles. The first-order chi connectivity index (χ1) is 9.51. The first kappa shape index (κ1) is 12.7. The van der Waals surface area contributed by atoms with Gasteiger partial charge < -0.3 is 16.4 Å². The van der Waals surface area contributed by atoms with Gasteiger partial charge in [0.15, 0.2) is 0 Å². The fraction of sp³-hybridized carbons (Fsp3) is 0.333. The summed E-state index contributed by atoms with van der Waals surface area (Å²) in [5.74, 6) is -0.243. The zero-order chi connectivity index (χ0) is 14.3. The molecule has 0 spiro atoms. The van der Waals surface area contributed by atoms with E-state index in [2.05, 4.69) is 9.88 Å². The largest absolute Gasteiger partial charge is 0.398 e. The Hall–Kier alpha value is -2.30. The number of pyridine rings is 1. The summed E-state index contributed by atoms with van der Waals surface area (Å²) in [4.78, 5) is 18.2. The van der Waals surface area contributed by atoms with E-state index in [-0.39, 0.29) is 5.91 Å². The molecule has 5 heteroatoms. The van der Waals surface area contributed by atoms with E-state index < -0.39 is 5.41 Å². The van der Waals surface area contributed by atoms with Gasteiger partial charge in [-0.3, -0.25) is 9.78 Å². The number of amides is 1. The van der Waals surface area contributed by atoms with E-state index in [4.69, 9.17) is 11.5 Å². The Labute approximate surface area is 117 Å². The molecule has 0 bridgehead atoms. The van der Waals surface area contributed by atoms with Crippen molar-refractivity contribution in [1.29, 1.82) is 0 Å². The Kier molecular flexibility index (Phi) is 2.78. The molecule has 1 aliphatic heterocycles. The number of primary amides is 1. The van der Waals surface area contributed by atoms with Crippen molar-refractivity contribution in [2.75, 3.05) is 23.7 Å². The van der Waals surface area contributed by atoms with Gasteiger partial charge in [0.1, 0.15) is 0 Å². The third-order valence-corrected chi connectivity index (χ3v) is 4.19. The van der Waals surface area contributed by atoms with Crippen LogP contribution in [0, 0.1) is 5.41 Å². The van der Waals surface area contributed by atoms with Gasteiger partial charge in [-0.2, -0.15) is 0 Å². The third-order valence-electron chi connectivity index (χ3n) is 4.19. The van der Waals surface area contributed by atoms with E-state index in [0.29, 0.717) is 12.2 Å². The summed E-state index contributed by atoms with van der Waals surface area (Å²) in [5, 5.41) is 0.942. The highest BCUT2D eigenvalue weighted by atomic mass is 16.1. The number of benzene rings is 1. The molecule has 1 aliphatic rings. The van der Waals surface area contributed by atoms with Crippen LogP contribution in [0.5, 0.6) is 0 Å². The smallest absolute Gasteiger partial charge is 0.225 e. The normalized spacial score (nSPS) is 22.4. The van der Waals surface area contributed by atoms with Crippen molar-refractivity contribution in [2.24, 2.45) is 11.1 Å². The molecule has 1 unspecified atom stereocenters. The fourth-order valence-electron chi connectivity index (χ4n) is 2.80. The average molecular weight is 270 g/mol. The predicted octanol–water partition coefficient (Wildman–Crippen LogP) is 1.52. The molecule has 104 valence electrons. The van der Waals surface area contributed by atoms with E-state index in [1.165, 1.54) is 0 Å². The molecule has 1 aromatic carbocycles. The molecule has 4 N–H and O–H groups in total. The van der Waals surface area contributed by atoms with Crippen molar-refractivity contribution in [3.63, 3.8) is 0 Å². The maximum absolute atomic E-state index is 11.6. The van der Waals surface area contributed by atoms with Crippen LogP contribution in [0.4, 0.5) is 11.4 Å². The molecule has 1 atom stereocenters. The molecule has 2 aromatic rings. The zero-order valence-electron chi connectivity index (χ0n) is 11.5. The van der Waals surface area contributed by atoms with Gasteiger partial charge in [0.25, 0.3) is 0 Å². The summed E-state index contributed by atoms with van der Waals surface area (Å²) in [6.45, 7) is 3.34. The molecular weight excluding hydrogens is 252 g/mol. The Morgan fingerprint density at radius 2 is 2.20 bits per heavy atom. The summed E-state index contributed by atoms with van der Waals surface area (Å²) < 4.78 is 0. The number of carbonyl (C=O) groups is 1. The molecule has 1 saturated heterocycles. The van der Waals surface area contributed by atoms with Crippen molar-refractivity contribution < 1.29 is 4.79 Å². The van der Waals surface area contributed by atoms with Crippen molar-refractivity contribution in [3.8, 4) is 0 Å². The van der Waals surface area contributed by atoms with Crippen molar-refractivity contribution >= 4 is 28.2 Å². The van der Waals surface area contributed by atoms with Gasteiger partial charge in [-0.1, -0.05) is 0 Å². The number of hydrogen-bond acceptors (Lipinski definition) is 4. The van der Waals surface area contributed by atoms with Crippen LogP contribution in [0.25, 0.3) is 10.9 Å². The summed E-state index contributed by atoms with van der Waals surface area (Å²) in [6, 6.07) is 7.70. The highest BCUT2D eigenvalue weighted by Crippen LogP contribution is 2.36. The molecule has 3 rings (SSSR count). The minimum absolute atomic E-state index is 0.243. The van der Waals surface area contributed by atoms with Crippen LogP contribution in [0.3, 0.4) is 0 Å². The van der Waals surface area contributed by atoms with Gasteiger partial charge in [0.2, 0.25) is 5.91 Å². The molecule has 20 heavy (non-hydrogen) atoms. The second kappa shape index (κ2) is 4.37. The molecular formula is C15H18N4O. The van der Waals surface area contributed by atoms with Crippen LogP contribution in [0.2, 0.25) is 0 Å². The second-order valence-electron chi connectivity index (χ2n) is 5.67. The van der Waals surface area contributed by atoms with Gasteiger partial charge in [-0.25, -0.2) is 0 Å². The van der Waals surface area contributed by atoms with Gasteiger partial charge in [-0.15, -0.1) is 0 Å². The summed E-state index contributed by atoms with van der Waals surface area (Å²) in [6.07, 6.45) is 2.52. The van der Waals surface area contributed by atoms with Gasteiger partial charge in [0.05, 0.1) is 16.6 Å². The highest BCUT2D eigenvalue weighted by Gasteiger charge is 2.39. The van der Waals surface area contributed by atoms with Gasteiger partial charge >= 0.3 is 0 Å². The minimum atomic E-state index is -0.470. The lowest BCUT2D eigenvalue weighted by Crippen LogP contribution is -2.37. The maximum Gasteiger partial charge on any atom is 0.225 e. The maximum atomic E-state index is 11.6. The standard InChI is InChI=1S/C15H18N4O/c1-15(14(17)20)6-8-19(9-15)12-5-4-11(16)10-3-2-7-18-13(10)12/h2-5,7H,6,8-9,16H2,1H3,(H2,17,20). The average Bonchev–Trinajstić information content (AvgIpc) is 2.83. The quantitative estimate of drug-likeness (QED) is 0.810. The predicted molar refractivity (Wildman–Crippen MR) is 80.3 cm³/mol. The second-order valence-corrected chi connectivity index (χ2v) is 5.67. The molecule has 5 nitrogen and oxygen atoms in total. The Morgan fingerprint density at radius 3 is 2.90 bits per heavy atom. The van der Waals surface area contributed by atoms with Crippen LogP contribution in [0.1, 0.15) is 13.3 Å². The van der Waals surface area contributed by atoms with Crippen LogP contribution in [0.15, 0.2) is 30.5 Å². The fourth-order valence-corrected chi connectivity index (χ4v) is 2.80. The molecule has 0 saturated carbocycles. The summed E-state index contributed by atoms with van der Waals surface area (Å²) >= 11 is 0. The molecule has 0 radical (unpaired) electrons. The number of fused-ring (bicyclic) bond motifs is 1. The van der Waals surface area contributed by atoms with E-state index in [1.54, 1.807) is 6.20 Å². The van der Waals surface area contributed by atoms with Crippen molar-refractivity contribution in [3.05, 3.63) is 30.5 Å². The number of nitrogens with two attached hydrogens (primary N) is 2. The van der Waals surface area contributed by atoms with Crippen molar-refractivity contribution in [1.82, 2.24) is 4.98 Å². The summed E-state index contributed by atoms with van der Waals surface area (Å²) in [5.41, 5.74) is 13.6. The number of hydrogen-bond donors (Lipinski definition) is 2. The number of nitrogens with zero attached hydrogens (tertiary/aromatic N) is 2. The van der Waals surface area contributed by atoms with Gasteiger partial charge in [-0.05, 0) is 37.6 Å². The van der Waals surface area contributed by atoms with Crippen LogP contribution in [-0.2, 0) is 4.79 Å². The van der Waals surface area contributed by atoms with E-state index >= 15 is 0 Å². The van der Waals surface area contributed by atoms with E-state index in [0.717, 1.165) is 29.6 Å². The molecule has 1 fully saturated rings. The lowest BCUT2D eigenvalue weighted by molar-refractivity contribution is -0.125. The van der Waals surface area contributed by atoms with Crippen LogP contribution < -0.4 is 16.4 Å². The number of carbonyl (C=O) groups excluding carboxylic acids is 1. The lowest BCUT2D eigenvalue weighted by atomic mass is 9.89. The van der Waals surface area contributed by atoms with Crippen molar-refractivity contribution in [2.45, 2.75) is 13.3 Å².